The number of ether oxygens (including phenoxy) is 1. The molecule has 0 saturated carbocycles. The maximum Gasteiger partial charge on any atom is 0.308 e. The Balaban J connectivity index is 1.38. The number of carbonyl (C=O) groups excluding carboxylic acids is 4. The lowest BCUT2D eigenvalue weighted by atomic mass is 9.85. The van der Waals surface area contributed by atoms with Crippen LogP contribution in [0.4, 0.5) is 0 Å². The number of amides is 3. The molecule has 1 aliphatic heterocycles. The van der Waals surface area contributed by atoms with Crippen molar-refractivity contribution in [3.63, 3.8) is 0 Å². The molecule has 142 valence electrons. The van der Waals surface area contributed by atoms with Gasteiger partial charge in [-0.05, 0) is 18.4 Å². The first kappa shape index (κ1) is 18.8. The van der Waals surface area contributed by atoms with E-state index in [1.165, 1.54) is 0 Å². The number of nitrogens with zero attached hydrogens (tertiary/aromatic N) is 1. The summed E-state index contributed by atoms with van der Waals surface area (Å²) in [6, 6.07) is 9.38. The quantitative estimate of drug-likeness (QED) is 0.442. The molecule has 1 aromatic carbocycles. The number of nitrogens with one attached hydrogen (secondary N) is 1. The molecule has 1 aromatic rings. The van der Waals surface area contributed by atoms with E-state index in [9.17, 15) is 19.2 Å². The van der Waals surface area contributed by atoms with Crippen LogP contribution in [0.2, 0.25) is 0 Å². The van der Waals surface area contributed by atoms with Gasteiger partial charge in [-0.15, -0.1) is 0 Å². The first-order valence-electron chi connectivity index (χ1n) is 9.02. The van der Waals surface area contributed by atoms with Crippen LogP contribution in [0, 0.1) is 11.8 Å². The van der Waals surface area contributed by atoms with Crippen LogP contribution in [0.15, 0.2) is 42.5 Å². The Morgan fingerprint density at radius 1 is 1.04 bits per heavy atom. The normalized spacial score (nSPS) is 21.1. The first-order chi connectivity index (χ1) is 13.1. The molecule has 1 heterocycles. The molecule has 1 fully saturated rings. The number of rotatable bonds is 7. The van der Waals surface area contributed by atoms with Crippen molar-refractivity contribution in [2.45, 2.75) is 25.8 Å². The standard InChI is InChI=1S/C20H22N2O5/c23-17(21-12-14-6-2-1-3-7-14)13-27-18(24)10-11-22-19(25)15-8-4-5-9-16(15)20(22)26/h1-7,15-16H,8-13H2,(H,21,23)/t15-,16+. The lowest BCUT2D eigenvalue weighted by Crippen LogP contribution is -2.34. The van der Waals surface area contributed by atoms with E-state index in [4.69, 9.17) is 4.74 Å². The molecule has 3 amide bonds. The van der Waals surface area contributed by atoms with E-state index < -0.39 is 11.9 Å². The number of esters is 1. The molecule has 0 aromatic heterocycles. The third kappa shape index (κ3) is 4.61. The van der Waals surface area contributed by atoms with Crippen molar-refractivity contribution in [2.75, 3.05) is 13.2 Å². The Hall–Kier alpha value is -2.96. The monoisotopic (exact) mass is 370 g/mol. The van der Waals surface area contributed by atoms with Crippen LogP contribution in [0.1, 0.15) is 24.8 Å². The minimum absolute atomic E-state index is 0.00483. The highest BCUT2D eigenvalue weighted by atomic mass is 16.5. The first-order valence-corrected chi connectivity index (χ1v) is 9.02. The van der Waals surface area contributed by atoms with Gasteiger partial charge < -0.3 is 10.1 Å². The summed E-state index contributed by atoms with van der Waals surface area (Å²) in [5.41, 5.74) is 0.944. The van der Waals surface area contributed by atoms with Crippen molar-refractivity contribution in [1.29, 1.82) is 0 Å². The van der Waals surface area contributed by atoms with Gasteiger partial charge >= 0.3 is 5.97 Å². The summed E-state index contributed by atoms with van der Waals surface area (Å²) >= 11 is 0. The van der Waals surface area contributed by atoms with Gasteiger partial charge in [-0.1, -0.05) is 42.5 Å². The topological polar surface area (TPSA) is 92.8 Å². The predicted octanol–water partition coefficient (Wildman–Crippen LogP) is 1.19. The largest absolute Gasteiger partial charge is 0.456 e. The van der Waals surface area contributed by atoms with Gasteiger partial charge in [0.15, 0.2) is 6.61 Å². The second-order valence-electron chi connectivity index (χ2n) is 6.66. The molecule has 1 saturated heterocycles. The van der Waals surface area contributed by atoms with Crippen molar-refractivity contribution in [3.05, 3.63) is 48.0 Å². The Morgan fingerprint density at radius 2 is 1.67 bits per heavy atom. The molecule has 27 heavy (non-hydrogen) atoms. The van der Waals surface area contributed by atoms with E-state index in [1.54, 1.807) is 0 Å². The third-order valence-corrected chi connectivity index (χ3v) is 4.84. The predicted molar refractivity (Wildman–Crippen MR) is 95.9 cm³/mol. The van der Waals surface area contributed by atoms with Gasteiger partial charge in [-0.3, -0.25) is 24.1 Å². The van der Waals surface area contributed by atoms with E-state index in [0.29, 0.717) is 19.4 Å². The molecule has 0 spiro atoms. The molecule has 2 aliphatic rings. The number of hydrogen-bond acceptors (Lipinski definition) is 5. The van der Waals surface area contributed by atoms with Gasteiger partial charge in [0.05, 0.1) is 18.3 Å². The van der Waals surface area contributed by atoms with Gasteiger partial charge in [0.1, 0.15) is 0 Å². The number of allylic oxidation sites excluding steroid dienone is 2. The van der Waals surface area contributed by atoms with Gasteiger partial charge in [0, 0.05) is 13.1 Å². The Morgan fingerprint density at radius 3 is 2.30 bits per heavy atom. The maximum atomic E-state index is 12.3. The van der Waals surface area contributed by atoms with E-state index in [-0.39, 0.29) is 43.2 Å². The van der Waals surface area contributed by atoms with Crippen LogP contribution in [0.3, 0.4) is 0 Å². The van der Waals surface area contributed by atoms with E-state index >= 15 is 0 Å². The van der Waals surface area contributed by atoms with Crippen LogP contribution >= 0.6 is 0 Å². The zero-order valence-electron chi connectivity index (χ0n) is 14.9. The van der Waals surface area contributed by atoms with Crippen molar-refractivity contribution in [2.24, 2.45) is 11.8 Å². The van der Waals surface area contributed by atoms with Gasteiger partial charge in [0.2, 0.25) is 11.8 Å². The van der Waals surface area contributed by atoms with Crippen molar-refractivity contribution < 1.29 is 23.9 Å². The minimum Gasteiger partial charge on any atom is -0.456 e. The summed E-state index contributed by atoms with van der Waals surface area (Å²) < 4.78 is 4.93. The molecular formula is C20H22N2O5. The van der Waals surface area contributed by atoms with Gasteiger partial charge in [-0.2, -0.15) is 0 Å². The Bertz CT molecular complexity index is 733. The summed E-state index contributed by atoms with van der Waals surface area (Å²) in [5.74, 6) is -2.06. The molecule has 3 rings (SSSR count). The fraction of sp³-hybridized carbons (Fsp3) is 0.400. The fourth-order valence-corrected chi connectivity index (χ4v) is 3.36. The highest BCUT2D eigenvalue weighted by molar-refractivity contribution is 6.05. The average molecular weight is 370 g/mol. The lowest BCUT2D eigenvalue weighted by Gasteiger charge is -2.14. The summed E-state index contributed by atoms with van der Waals surface area (Å²) in [7, 11) is 0. The Labute approximate surface area is 157 Å². The molecule has 2 atom stereocenters. The smallest absolute Gasteiger partial charge is 0.308 e. The summed E-state index contributed by atoms with van der Waals surface area (Å²) in [6.45, 7) is -0.0390. The molecule has 1 aliphatic carbocycles. The SMILES string of the molecule is O=C(COC(=O)CCN1C(=O)[C@H]2CC=CC[C@H]2C1=O)NCc1ccccc1. The van der Waals surface area contributed by atoms with E-state index in [2.05, 4.69) is 5.32 Å². The van der Waals surface area contributed by atoms with Crippen LogP contribution in [0.25, 0.3) is 0 Å². The minimum atomic E-state index is -0.613. The van der Waals surface area contributed by atoms with E-state index in [0.717, 1.165) is 10.5 Å². The molecule has 0 unspecified atom stereocenters. The van der Waals surface area contributed by atoms with Crippen LogP contribution in [0.5, 0.6) is 0 Å². The number of hydrogen-bond donors (Lipinski definition) is 1. The third-order valence-electron chi connectivity index (χ3n) is 4.84. The highest BCUT2D eigenvalue weighted by Gasteiger charge is 2.46. The number of benzene rings is 1. The number of fused-ring (bicyclic) bond motifs is 1. The summed E-state index contributed by atoms with van der Waals surface area (Å²) in [6.07, 6.45) is 4.85. The van der Waals surface area contributed by atoms with Crippen LogP contribution in [-0.2, 0) is 30.5 Å². The second kappa shape index (κ2) is 8.62. The molecular weight excluding hydrogens is 348 g/mol. The lowest BCUT2D eigenvalue weighted by molar-refractivity contribution is -0.150. The average Bonchev–Trinajstić information content (AvgIpc) is 2.94. The summed E-state index contributed by atoms with van der Waals surface area (Å²) in [4.78, 5) is 49.3. The molecule has 1 N–H and O–H groups in total. The molecule has 7 nitrogen and oxygen atoms in total. The zero-order valence-corrected chi connectivity index (χ0v) is 14.9. The number of carbonyl (C=O) groups is 4. The van der Waals surface area contributed by atoms with Crippen molar-refractivity contribution in [1.82, 2.24) is 10.2 Å². The highest BCUT2D eigenvalue weighted by Crippen LogP contribution is 2.34. The summed E-state index contributed by atoms with van der Waals surface area (Å²) in [5, 5.41) is 2.66. The Kier molecular flexibility index (Phi) is 6.01. The van der Waals surface area contributed by atoms with Gasteiger partial charge in [0.25, 0.3) is 5.91 Å². The van der Waals surface area contributed by atoms with Crippen LogP contribution < -0.4 is 5.32 Å². The van der Waals surface area contributed by atoms with Crippen LogP contribution in [-0.4, -0.2) is 41.7 Å². The number of likely N-dealkylation sites (tertiary alicyclic amines) is 1. The molecule has 0 radical (unpaired) electrons. The van der Waals surface area contributed by atoms with Crippen molar-refractivity contribution in [3.8, 4) is 0 Å². The number of imide groups is 1. The fourth-order valence-electron chi connectivity index (χ4n) is 3.36. The van der Waals surface area contributed by atoms with Gasteiger partial charge in [-0.25, -0.2) is 0 Å². The van der Waals surface area contributed by atoms with Crippen molar-refractivity contribution >= 4 is 23.7 Å². The zero-order chi connectivity index (χ0) is 19.2. The molecule has 7 heteroatoms. The maximum absolute atomic E-state index is 12.3. The van der Waals surface area contributed by atoms with E-state index in [1.807, 2.05) is 42.5 Å². The second-order valence-corrected chi connectivity index (χ2v) is 6.66. The molecule has 0 bridgehead atoms.